The van der Waals surface area contributed by atoms with Gasteiger partial charge in [0.25, 0.3) is 0 Å². The maximum atomic E-state index is 14.7. The van der Waals surface area contributed by atoms with Crippen LogP contribution in [0.2, 0.25) is 0 Å². The Kier molecular flexibility index (Phi) is 7.93. The fourth-order valence-electron chi connectivity index (χ4n) is 3.56. The van der Waals surface area contributed by atoms with Crippen LogP contribution >= 0.6 is 11.3 Å². The summed E-state index contributed by atoms with van der Waals surface area (Å²) in [5.41, 5.74) is 1.04. The molecule has 13 heteroatoms. The Hall–Kier alpha value is -3.00. The highest BCUT2D eigenvalue weighted by Crippen LogP contribution is 2.35. The molecule has 10 nitrogen and oxygen atoms in total. The number of methoxy groups -OCH3 is 1. The number of fused-ring (bicyclic) bond motifs is 1. The van der Waals surface area contributed by atoms with E-state index in [1.54, 1.807) is 18.2 Å². The van der Waals surface area contributed by atoms with Crippen molar-refractivity contribution in [3.63, 3.8) is 0 Å². The molecule has 0 aliphatic heterocycles. The highest BCUT2D eigenvalue weighted by atomic mass is 32.2. The van der Waals surface area contributed by atoms with E-state index in [9.17, 15) is 27.5 Å². The number of thiazole rings is 1. The molecule has 1 aromatic carbocycles. The summed E-state index contributed by atoms with van der Waals surface area (Å²) in [5.74, 6) is -2.32. The first-order valence-corrected chi connectivity index (χ1v) is 13.7. The zero-order valence-electron chi connectivity index (χ0n) is 19.4. The third kappa shape index (κ3) is 5.86. The number of sulfone groups is 1. The van der Waals surface area contributed by atoms with Crippen LogP contribution in [0.4, 0.5) is 4.39 Å². The monoisotopic (exact) mass is 536 g/mol. The number of aliphatic hydroxyl groups excluding tert-OH is 1. The number of ether oxygens (including phenoxy) is 1. The van der Waals surface area contributed by atoms with E-state index >= 15 is 0 Å². The Balaban J connectivity index is 1.65. The molecule has 0 spiro atoms. The predicted octanol–water partition coefficient (Wildman–Crippen LogP) is 1.49. The lowest BCUT2D eigenvalue weighted by Gasteiger charge is -2.15. The lowest BCUT2D eigenvalue weighted by Crippen LogP contribution is -2.41. The maximum absolute atomic E-state index is 14.7. The van der Waals surface area contributed by atoms with E-state index in [1.165, 1.54) is 19.4 Å². The second-order valence-corrected chi connectivity index (χ2v) is 11.6. The van der Waals surface area contributed by atoms with Crippen molar-refractivity contribution in [2.45, 2.75) is 30.7 Å². The number of halogens is 1. The van der Waals surface area contributed by atoms with Crippen molar-refractivity contribution in [1.29, 1.82) is 0 Å². The lowest BCUT2D eigenvalue weighted by molar-refractivity contribution is -0.126. The Morgan fingerprint density at radius 3 is 2.78 bits per heavy atom. The molecule has 2 heterocycles. The van der Waals surface area contributed by atoms with Gasteiger partial charge >= 0.3 is 0 Å². The number of nitrogens with one attached hydrogen (secondary N) is 2. The van der Waals surface area contributed by atoms with Crippen molar-refractivity contribution in [2.75, 3.05) is 26.0 Å². The number of hydrogen-bond acceptors (Lipinski definition) is 9. The number of nitrogens with zero attached hydrogens (tertiary/aromatic N) is 2. The molecule has 1 atom stereocenters. The second kappa shape index (κ2) is 10.9. The molecule has 1 saturated carbocycles. The second-order valence-electron chi connectivity index (χ2n) is 8.31. The van der Waals surface area contributed by atoms with Gasteiger partial charge < -0.3 is 20.5 Å². The maximum Gasteiger partial charge on any atom is 0.245 e. The van der Waals surface area contributed by atoms with E-state index < -0.39 is 45.1 Å². The fourth-order valence-corrected chi connectivity index (χ4v) is 6.53. The third-order valence-electron chi connectivity index (χ3n) is 5.59. The number of amides is 2. The summed E-state index contributed by atoms with van der Waals surface area (Å²) in [4.78, 5) is 33.2. The molecule has 1 aliphatic rings. The molecule has 3 aromatic rings. The number of benzene rings is 1. The van der Waals surface area contributed by atoms with Crippen molar-refractivity contribution in [3.05, 3.63) is 47.0 Å². The molecule has 1 aliphatic carbocycles. The number of pyridine rings is 1. The van der Waals surface area contributed by atoms with Crippen molar-refractivity contribution >= 4 is 43.2 Å². The minimum Gasteiger partial charge on any atom is -0.390 e. The zero-order valence-corrected chi connectivity index (χ0v) is 21.0. The molecule has 2 amide bonds. The number of rotatable bonds is 11. The Labute approximate surface area is 210 Å². The summed E-state index contributed by atoms with van der Waals surface area (Å²) in [6.45, 7) is -1.02. The van der Waals surface area contributed by atoms with Crippen LogP contribution < -0.4 is 10.6 Å². The van der Waals surface area contributed by atoms with Crippen LogP contribution in [0.1, 0.15) is 28.8 Å². The average molecular weight is 537 g/mol. The molecule has 36 heavy (non-hydrogen) atoms. The van der Waals surface area contributed by atoms with Crippen LogP contribution in [-0.4, -0.2) is 67.4 Å². The largest absolute Gasteiger partial charge is 0.390 e. The molecule has 1 unspecified atom stereocenters. The predicted molar refractivity (Wildman–Crippen MR) is 131 cm³/mol. The smallest absolute Gasteiger partial charge is 0.245 e. The number of carbonyl (C=O) groups is 2. The van der Waals surface area contributed by atoms with Gasteiger partial charge in [-0.25, -0.2) is 17.8 Å². The summed E-state index contributed by atoms with van der Waals surface area (Å²) in [6, 6.07) is 6.42. The van der Waals surface area contributed by atoms with Gasteiger partial charge in [0.05, 0.1) is 35.7 Å². The van der Waals surface area contributed by atoms with Crippen molar-refractivity contribution in [1.82, 2.24) is 20.6 Å². The highest BCUT2D eigenvalue weighted by molar-refractivity contribution is 7.92. The molecule has 4 rings (SSSR count). The van der Waals surface area contributed by atoms with Gasteiger partial charge in [-0.2, -0.15) is 0 Å². The van der Waals surface area contributed by atoms with Gasteiger partial charge in [0.2, 0.25) is 11.8 Å². The molecular weight excluding hydrogens is 511 g/mol. The summed E-state index contributed by atoms with van der Waals surface area (Å²) >= 11 is 0.994. The van der Waals surface area contributed by atoms with Gasteiger partial charge in [-0.3, -0.25) is 14.6 Å². The van der Waals surface area contributed by atoms with Crippen LogP contribution in [0.3, 0.4) is 0 Å². The van der Waals surface area contributed by atoms with Crippen LogP contribution in [0.25, 0.3) is 21.3 Å². The van der Waals surface area contributed by atoms with Crippen LogP contribution in [0, 0.1) is 5.82 Å². The quantitative estimate of drug-likeness (QED) is 0.334. The molecule has 1 fully saturated rings. The van der Waals surface area contributed by atoms with E-state index in [0.717, 1.165) is 24.2 Å². The first kappa shape index (κ1) is 26.1. The van der Waals surface area contributed by atoms with E-state index in [1.807, 2.05) is 0 Å². The molecule has 0 bridgehead atoms. The summed E-state index contributed by atoms with van der Waals surface area (Å²) in [6.07, 6.45) is 3.15. The number of hydrogen-bond donors (Lipinski definition) is 3. The molecule has 192 valence electrons. The van der Waals surface area contributed by atoms with Crippen molar-refractivity contribution in [3.8, 4) is 11.1 Å². The first-order chi connectivity index (χ1) is 17.2. The summed E-state index contributed by atoms with van der Waals surface area (Å²) < 4.78 is 46.3. The Morgan fingerprint density at radius 1 is 1.31 bits per heavy atom. The summed E-state index contributed by atoms with van der Waals surface area (Å²) in [7, 11) is -2.68. The highest BCUT2D eigenvalue weighted by Gasteiger charge is 2.37. The van der Waals surface area contributed by atoms with E-state index in [-0.39, 0.29) is 35.5 Å². The molecule has 3 N–H and O–H groups in total. The Morgan fingerprint density at radius 2 is 2.08 bits per heavy atom. The molecule has 2 aromatic heterocycles. The molecule has 0 saturated heterocycles. The third-order valence-corrected chi connectivity index (χ3v) is 8.71. The van der Waals surface area contributed by atoms with E-state index in [2.05, 4.69) is 20.6 Å². The first-order valence-electron chi connectivity index (χ1n) is 11.2. The number of carbonyl (C=O) groups excluding carboxylic acids is 2. The van der Waals surface area contributed by atoms with Gasteiger partial charge in [0.1, 0.15) is 10.7 Å². The standard InChI is InChI=1S/C23H25FN4O6S2/c1-34-8-9-36(32,33)21(22(31)26-11-19(30)27-14-3-4-14)23-28-16-5-2-13(10-18(16)35-23)15-6-7-25-17(12-29)20(15)24/h2,5-7,10,14,21,29H,3-4,8-9,11-12H2,1H3,(H,26,31)(H,27,30). The van der Waals surface area contributed by atoms with Crippen molar-refractivity contribution < 1.29 is 32.2 Å². The van der Waals surface area contributed by atoms with Gasteiger partial charge in [-0.05, 0) is 36.6 Å². The Bertz CT molecular complexity index is 1390. The van der Waals surface area contributed by atoms with Crippen LogP contribution in [-0.2, 0) is 30.8 Å². The van der Waals surface area contributed by atoms with Gasteiger partial charge in [0.15, 0.2) is 20.9 Å². The SMILES string of the molecule is COCCS(=O)(=O)C(C(=O)NCC(=O)NC1CC1)c1nc2ccc(-c3ccnc(CO)c3F)cc2s1. The van der Waals surface area contributed by atoms with E-state index in [0.29, 0.717) is 15.8 Å². The minimum absolute atomic E-state index is 0.0320. The lowest BCUT2D eigenvalue weighted by atomic mass is 10.1. The van der Waals surface area contributed by atoms with Gasteiger partial charge in [-0.15, -0.1) is 11.3 Å². The van der Waals surface area contributed by atoms with Crippen molar-refractivity contribution in [2.24, 2.45) is 0 Å². The minimum atomic E-state index is -4.04. The normalized spacial score (nSPS) is 14.5. The number of aromatic nitrogens is 2. The topological polar surface area (TPSA) is 148 Å². The van der Waals surface area contributed by atoms with Gasteiger partial charge in [-0.1, -0.05) is 6.07 Å². The molecule has 0 radical (unpaired) electrons. The zero-order chi connectivity index (χ0) is 25.9. The van der Waals surface area contributed by atoms with E-state index in [4.69, 9.17) is 4.74 Å². The number of aliphatic hydroxyl groups is 1. The average Bonchev–Trinajstić information content (AvgIpc) is 3.57. The summed E-state index contributed by atoms with van der Waals surface area (Å²) in [5, 5.41) is 12.8. The van der Waals surface area contributed by atoms with Crippen LogP contribution in [0.15, 0.2) is 30.5 Å². The fraction of sp³-hybridized carbons (Fsp3) is 0.391. The van der Waals surface area contributed by atoms with Gasteiger partial charge in [0, 0.05) is 24.9 Å². The molecular formula is C23H25FN4O6S2. The van der Waals surface area contributed by atoms with Crippen LogP contribution in [0.5, 0.6) is 0 Å².